The number of aromatic nitrogens is 1. The number of pyridine rings is 1. The number of nitrogens with one attached hydrogen (secondary N) is 1. The maximum atomic E-state index is 13.5. The molecule has 0 radical (unpaired) electrons. The number of hydrogen-bond donors (Lipinski definition) is 1. The topological polar surface area (TPSA) is 45.2 Å². The quantitative estimate of drug-likeness (QED) is 0.883. The standard InChI is InChI=1S/C19H24FN3O/c1-14-8-10-21-17(12-14)13-15(2)23(3)19(24)22-11-9-16-6-4-5-7-18(16)20/h4-8,10,12,15H,9,11,13H2,1-3H3,(H,22,24)/t15-/m1/s1. The Labute approximate surface area is 142 Å². The molecule has 2 rings (SSSR count). The molecule has 0 saturated heterocycles. The van der Waals surface area contributed by atoms with E-state index in [-0.39, 0.29) is 17.9 Å². The van der Waals surface area contributed by atoms with Crippen molar-refractivity contribution in [3.63, 3.8) is 0 Å². The van der Waals surface area contributed by atoms with Gasteiger partial charge in [0.15, 0.2) is 0 Å². The summed E-state index contributed by atoms with van der Waals surface area (Å²) in [6.45, 7) is 4.41. The first-order chi connectivity index (χ1) is 11.5. The van der Waals surface area contributed by atoms with Gasteiger partial charge in [0.1, 0.15) is 5.82 Å². The molecule has 2 amide bonds. The Morgan fingerprint density at radius 1 is 1.33 bits per heavy atom. The molecule has 0 fully saturated rings. The Morgan fingerprint density at radius 2 is 2.08 bits per heavy atom. The van der Waals surface area contributed by atoms with E-state index in [1.807, 2.05) is 26.0 Å². The molecule has 5 heteroatoms. The van der Waals surface area contributed by atoms with Gasteiger partial charge in [0.25, 0.3) is 0 Å². The highest BCUT2D eigenvalue weighted by Gasteiger charge is 2.16. The summed E-state index contributed by atoms with van der Waals surface area (Å²) in [6, 6.07) is 10.5. The molecule has 0 bridgehead atoms. The zero-order valence-electron chi connectivity index (χ0n) is 14.4. The predicted molar refractivity (Wildman–Crippen MR) is 93.4 cm³/mol. The lowest BCUT2D eigenvalue weighted by molar-refractivity contribution is 0.193. The van der Waals surface area contributed by atoms with Crippen LogP contribution >= 0.6 is 0 Å². The highest BCUT2D eigenvalue weighted by Crippen LogP contribution is 2.08. The molecule has 1 heterocycles. The van der Waals surface area contributed by atoms with Crippen molar-refractivity contribution in [2.24, 2.45) is 0 Å². The van der Waals surface area contributed by atoms with Gasteiger partial charge in [-0.15, -0.1) is 0 Å². The molecule has 0 aliphatic carbocycles. The molecule has 1 atom stereocenters. The number of likely N-dealkylation sites (N-methyl/N-ethyl adjacent to an activating group) is 1. The second-order valence-electron chi connectivity index (χ2n) is 6.06. The number of carbonyl (C=O) groups is 1. The zero-order chi connectivity index (χ0) is 17.5. The van der Waals surface area contributed by atoms with Gasteiger partial charge in [-0.2, -0.15) is 0 Å². The molecule has 0 aliphatic rings. The molecule has 0 unspecified atom stereocenters. The third-order valence-electron chi connectivity index (χ3n) is 4.09. The first-order valence-corrected chi connectivity index (χ1v) is 8.13. The second-order valence-corrected chi connectivity index (χ2v) is 6.06. The minimum atomic E-state index is -0.237. The van der Waals surface area contributed by atoms with Gasteiger partial charge in [-0.05, 0) is 49.6 Å². The SMILES string of the molecule is Cc1ccnc(C[C@@H](C)N(C)C(=O)NCCc2ccccc2F)c1. The molecule has 0 saturated carbocycles. The first-order valence-electron chi connectivity index (χ1n) is 8.13. The van der Waals surface area contributed by atoms with Gasteiger partial charge in [0.05, 0.1) is 0 Å². The summed E-state index contributed by atoms with van der Waals surface area (Å²) in [4.78, 5) is 18.2. The molecule has 4 nitrogen and oxygen atoms in total. The normalized spacial score (nSPS) is 11.8. The summed E-state index contributed by atoms with van der Waals surface area (Å²) >= 11 is 0. The van der Waals surface area contributed by atoms with Gasteiger partial charge in [-0.25, -0.2) is 9.18 Å². The van der Waals surface area contributed by atoms with Gasteiger partial charge in [0.2, 0.25) is 0 Å². The smallest absolute Gasteiger partial charge is 0.317 e. The summed E-state index contributed by atoms with van der Waals surface area (Å²) in [5, 5.41) is 2.84. The van der Waals surface area contributed by atoms with Gasteiger partial charge < -0.3 is 10.2 Å². The fourth-order valence-electron chi connectivity index (χ4n) is 2.48. The number of carbonyl (C=O) groups excluding carboxylic acids is 1. The lowest BCUT2D eigenvalue weighted by Crippen LogP contribution is -2.44. The molecule has 1 aromatic carbocycles. The number of nitrogens with zero attached hydrogens (tertiary/aromatic N) is 2. The van der Waals surface area contributed by atoms with Crippen LogP contribution < -0.4 is 5.32 Å². The second kappa shape index (κ2) is 8.43. The minimum Gasteiger partial charge on any atom is -0.338 e. The average molecular weight is 329 g/mol. The Morgan fingerprint density at radius 3 is 2.79 bits per heavy atom. The van der Waals surface area contributed by atoms with Gasteiger partial charge in [-0.1, -0.05) is 18.2 Å². The summed E-state index contributed by atoms with van der Waals surface area (Å²) in [5.41, 5.74) is 2.73. The fraction of sp³-hybridized carbons (Fsp3) is 0.368. The van der Waals surface area contributed by atoms with Crippen LogP contribution in [0.25, 0.3) is 0 Å². The molecule has 1 N–H and O–H groups in total. The van der Waals surface area contributed by atoms with Gasteiger partial charge in [-0.3, -0.25) is 4.98 Å². The van der Waals surface area contributed by atoms with E-state index in [9.17, 15) is 9.18 Å². The molecular weight excluding hydrogens is 305 g/mol. The maximum absolute atomic E-state index is 13.5. The fourth-order valence-corrected chi connectivity index (χ4v) is 2.48. The molecule has 0 spiro atoms. The number of amides is 2. The number of halogens is 1. The van der Waals surface area contributed by atoms with Crippen LogP contribution in [0.1, 0.15) is 23.7 Å². The summed E-state index contributed by atoms with van der Waals surface area (Å²) in [6.07, 6.45) is 2.95. The van der Waals surface area contributed by atoms with Gasteiger partial charge in [0, 0.05) is 37.9 Å². The molecule has 128 valence electrons. The molecule has 2 aromatic rings. The van der Waals surface area contributed by atoms with Crippen LogP contribution in [0.2, 0.25) is 0 Å². The summed E-state index contributed by atoms with van der Waals surface area (Å²) < 4.78 is 13.5. The van der Waals surface area contributed by atoms with E-state index in [0.29, 0.717) is 24.9 Å². The van der Waals surface area contributed by atoms with E-state index in [0.717, 1.165) is 11.3 Å². The predicted octanol–water partition coefficient (Wildman–Crippen LogP) is 3.34. The maximum Gasteiger partial charge on any atom is 0.317 e. The van der Waals surface area contributed by atoms with E-state index in [2.05, 4.69) is 10.3 Å². The van der Waals surface area contributed by atoms with Crippen LogP contribution in [0.15, 0.2) is 42.6 Å². The van der Waals surface area contributed by atoms with Crippen LogP contribution in [0.3, 0.4) is 0 Å². The Balaban J connectivity index is 1.82. The number of hydrogen-bond acceptors (Lipinski definition) is 2. The molecular formula is C19H24FN3O. The highest BCUT2D eigenvalue weighted by atomic mass is 19.1. The van der Waals surface area contributed by atoms with E-state index < -0.39 is 0 Å². The van der Waals surface area contributed by atoms with Crippen molar-refractivity contribution < 1.29 is 9.18 Å². The number of benzene rings is 1. The average Bonchev–Trinajstić information content (AvgIpc) is 2.55. The largest absolute Gasteiger partial charge is 0.338 e. The first kappa shape index (κ1) is 17.9. The van der Waals surface area contributed by atoms with E-state index in [1.165, 1.54) is 6.07 Å². The zero-order valence-corrected chi connectivity index (χ0v) is 14.4. The van der Waals surface area contributed by atoms with Crippen molar-refractivity contribution in [1.82, 2.24) is 15.2 Å². The molecule has 24 heavy (non-hydrogen) atoms. The van der Waals surface area contributed by atoms with Crippen molar-refractivity contribution in [3.8, 4) is 0 Å². The Bertz CT molecular complexity index is 690. The van der Waals surface area contributed by atoms with Crippen LogP contribution in [-0.2, 0) is 12.8 Å². The van der Waals surface area contributed by atoms with Crippen LogP contribution in [0.4, 0.5) is 9.18 Å². The van der Waals surface area contributed by atoms with Crippen molar-refractivity contribution >= 4 is 6.03 Å². The van der Waals surface area contributed by atoms with Gasteiger partial charge >= 0.3 is 6.03 Å². The number of aryl methyl sites for hydroxylation is 1. The van der Waals surface area contributed by atoms with Crippen molar-refractivity contribution in [2.75, 3.05) is 13.6 Å². The van der Waals surface area contributed by atoms with E-state index in [4.69, 9.17) is 0 Å². The van der Waals surface area contributed by atoms with E-state index in [1.54, 1.807) is 36.3 Å². The molecule has 1 aromatic heterocycles. The van der Waals surface area contributed by atoms with Crippen LogP contribution in [0.5, 0.6) is 0 Å². The monoisotopic (exact) mass is 329 g/mol. The lowest BCUT2D eigenvalue weighted by Gasteiger charge is -2.25. The van der Waals surface area contributed by atoms with Crippen molar-refractivity contribution in [1.29, 1.82) is 0 Å². The summed E-state index contributed by atoms with van der Waals surface area (Å²) in [5.74, 6) is -0.237. The number of rotatable bonds is 6. The third-order valence-corrected chi connectivity index (χ3v) is 4.09. The molecule has 0 aliphatic heterocycles. The number of urea groups is 1. The van der Waals surface area contributed by atoms with Crippen molar-refractivity contribution in [2.45, 2.75) is 32.7 Å². The highest BCUT2D eigenvalue weighted by molar-refractivity contribution is 5.74. The van der Waals surface area contributed by atoms with Crippen LogP contribution in [0, 0.1) is 12.7 Å². The third kappa shape index (κ3) is 5.05. The van der Waals surface area contributed by atoms with Crippen LogP contribution in [-0.4, -0.2) is 35.5 Å². The lowest BCUT2D eigenvalue weighted by atomic mass is 10.1. The van der Waals surface area contributed by atoms with E-state index >= 15 is 0 Å². The Hall–Kier alpha value is -2.43. The summed E-state index contributed by atoms with van der Waals surface area (Å²) in [7, 11) is 1.76. The Kier molecular flexibility index (Phi) is 6.29. The minimum absolute atomic E-state index is 0.0211. The van der Waals surface area contributed by atoms with Crippen molar-refractivity contribution in [3.05, 3.63) is 65.2 Å².